The van der Waals surface area contributed by atoms with E-state index in [9.17, 15) is 9.90 Å². The third kappa shape index (κ3) is 7.62. The Bertz CT molecular complexity index is 208. The van der Waals surface area contributed by atoms with Crippen molar-refractivity contribution in [1.82, 2.24) is 4.90 Å². The Kier molecular flexibility index (Phi) is 7.29. The predicted octanol–water partition coefficient (Wildman–Crippen LogP) is 0.425. The minimum Gasteiger partial charge on any atom is -0.481 e. The van der Waals surface area contributed by atoms with Crippen LogP contribution >= 0.6 is 0 Å². The van der Waals surface area contributed by atoms with Gasteiger partial charge in [-0.2, -0.15) is 0 Å². The fraction of sp³-hybridized carbons (Fsp3) is 0.909. The van der Waals surface area contributed by atoms with Crippen molar-refractivity contribution in [3.8, 4) is 0 Å². The quantitative estimate of drug-likeness (QED) is 0.636. The van der Waals surface area contributed by atoms with E-state index in [-0.39, 0.29) is 12.7 Å². The van der Waals surface area contributed by atoms with Crippen molar-refractivity contribution in [2.45, 2.75) is 33.0 Å². The molecule has 0 saturated carbocycles. The second kappa shape index (κ2) is 7.60. The number of likely N-dealkylation sites (N-methyl/N-ethyl adjacent to an activating group) is 1. The van der Waals surface area contributed by atoms with Crippen LogP contribution in [0.3, 0.4) is 0 Å². The van der Waals surface area contributed by atoms with Crippen molar-refractivity contribution in [3.63, 3.8) is 0 Å². The number of rotatable bonds is 8. The van der Waals surface area contributed by atoms with Crippen LogP contribution in [0.15, 0.2) is 0 Å². The highest BCUT2D eigenvalue weighted by molar-refractivity contribution is 5.69. The van der Waals surface area contributed by atoms with Crippen LogP contribution in [0.4, 0.5) is 0 Å². The van der Waals surface area contributed by atoms with E-state index in [2.05, 4.69) is 0 Å². The second-order valence-electron chi connectivity index (χ2n) is 4.50. The summed E-state index contributed by atoms with van der Waals surface area (Å²) < 4.78 is 5.26. The van der Waals surface area contributed by atoms with Crippen LogP contribution in [-0.2, 0) is 9.53 Å². The van der Waals surface area contributed by atoms with Gasteiger partial charge in [0.1, 0.15) is 0 Å². The number of aliphatic hydroxyl groups excluding tert-OH is 1. The molecule has 0 aromatic rings. The molecular formula is C11H23NO4. The van der Waals surface area contributed by atoms with Crippen molar-refractivity contribution < 1.29 is 19.7 Å². The zero-order chi connectivity index (χ0) is 12.7. The van der Waals surface area contributed by atoms with Gasteiger partial charge in [0, 0.05) is 13.1 Å². The Labute approximate surface area is 97.0 Å². The summed E-state index contributed by atoms with van der Waals surface area (Å²) in [5.41, 5.74) is 0. The molecule has 0 rings (SSSR count). The van der Waals surface area contributed by atoms with Gasteiger partial charge in [0.2, 0.25) is 0 Å². The smallest absolute Gasteiger partial charge is 0.307 e. The van der Waals surface area contributed by atoms with E-state index in [1.54, 1.807) is 18.9 Å². The topological polar surface area (TPSA) is 70.0 Å². The van der Waals surface area contributed by atoms with Crippen molar-refractivity contribution >= 4 is 5.97 Å². The van der Waals surface area contributed by atoms with Gasteiger partial charge < -0.3 is 19.8 Å². The summed E-state index contributed by atoms with van der Waals surface area (Å²) in [4.78, 5) is 12.4. The van der Waals surface area contributed by atoms with Crippen molar-refractivity contribution in [2.75, 3.05) is 26.7 Å². The molecule has 0 spiro atoms. The van der Waals surface area contributed by atoms with Crippen molar-refractivity contribution in [1.29, 1.82) is 0 Å². The Balaban J connectivity index is 3.77. The summed E-state index contributed by atoms with van der Waals surface area (Å²) >= 11 is 0. The van der Waals surface area contributed by atoms with Crippen LogP contribution in [0.1, 0.15) is 20.8 Å². The molecule has 16 heavy (non-hydrogen) atoms. The van der Waals surface area contributed by atoms with E-state index in [4.69, 9.17) is 9.84 Å². The van der Waals surface area contributed by atoms with Gasteiger partial charge in [-0.15, -0.1) is 0 Å². The van der Waals surface area contributed by atoms with Gasteiger partial charge >= 0.3 is 5.97 Å². The number of hydrogen-bond donors (Lipinski definition) is 2. The molecule has 0 amide bonds. The summed E-state index contributed by atoms with van der Waals surface area (Å²) in [6.07, 6.45) is -0.480. The van der Waals surface area contributed by atoms with E-state index in [1.165, 1.54) is 0 Å². The zero-order valence-corrected chi connectivity index (χ0v) is 10.5. The maximum Gasteiger partial charge on any atom is 0.307 e. The van der Waals surface area contributed by atoms with Gasteiger partial charge in [-0.1, -0.05) is 6.92 Å². The van der Waals surface area contributed by atoms with Gasteiger partial charge in [-0.3, -0.25) is 4.79 Å². The molecule has 0 bridgehead atoms. The van der Waals surface area contributed by atoms with Crippen molar-refractivity contribution in [3.05, 3.63) is 0 Å². The number of aliphatic hydroxyl groups is 1. The molecule has 0 heterocycles. The van der Waals surface area contributed by atoms with E-state index in [0.717, 1.165) is 0 Å². The van der Waals surface area contributed by atoms with Crippen LogP contribution < -0.4 is 0 Å². The molecule has 0 aromatic carbocycles. The highest BCUT2D eigenvalue weighted by Crippen LogP contribution is 2.00. The van der Waals surface area contributed by atoms with Crippen molar-refractivity contribution in [2.24, 2.45) is 5.92 Å². The molecule has 5 heteroatoms. The second-order valence-corrected chi connectivity index (χ2v) is 4.50. The molecule has 0 radical (unpaired) electrons. The SMILES string of the molecule is CC(C)OCC(O)CN(C)CC(C)C(=O)O. The lowest BCUT2D eigenvalue weighted by molar-refractivity contribution is -0.141. The van der Waals surface area contributed by atoms with Crippen LogP contribution in [0.25, 0.3) is 0 Å². The fourth-order valence-corrected chi connectivity index (χ4v) is 1.34. The molecule has 96 valence electrons. The Hall–Kier alpha value is -0.650. The Morgan fingerprint density at radius 1 is 1.31 bits per heavy atom. The number of ether oxygens (including phenoxy) is 1. The molecule has 0 aliphatic heterocycles. The lowest BCUT2D eigenvalue weighted by Gasteiger charge is -2.22. The number of hydrogen-bond acceptors (Lipinski definition) is 4. The van der Waals surface area contributed by atoms with E-state index >= 15 is 0 Å². The molecule has 2 atom stereocenters. The first-order valence-electron chi connectivity index (χ1n) is 5.54. The molecule has 0 aliphatic rings. The molecule has 5 nitrogen and oxygen atoms in total. The van der Waals surface area contributed by atoms with E-state index in [1.807, 2.05) is 13.8 Å². The standard InChI is InChI=1S/C11H23NO4/c1-8(2)16-7-10(13)6-12(4)5-9(3)11(14)15/h8-10,13H,5-7H2,1-4H3,(H,14,15). The molecule has 0 aliphatic carbocycles. The van der Waals surface area contributed by atoms with E-state index < -0.39 is 18.0 Å². The number of aliphatic carboxylic acids is 1. The summed E-state index contributed by atoms with van der Waals surface area (Å²) in [6, 6.07) is 0. The lowest BCUT2D eigenvalue weighted by Crippen LogP contribution is -2.36. The third-order valence-corrected chi connectivity index (χ3v) is 2.15. The molecular weight excluding hydrogens is 210 g/mol. The summed E-state index contributed by atoms with van der Waals surface area (Å²) in [5, 5.41) is 18.3. The summed E-state index contributed by atoms with van der Waals surface area (Å²) in [5.74, 6) is -1.25. The zero-order valence-electron chi connectivity index (χ0n) is 10.5. The largest absolute Gasteiger partial charge is 0.481 e. The minimum atomic E-state index is -0.820. The first-order chi connectivity index (χ1) is 7.32. The number of carboxylic acids is 1. The van der Waals surface area contributed by atoms with Gasteiger partial charge in [0.25, 0.3) is 0 Å². The van der Waals surface area contributed by atoms with Crippen LogP contribution in [0.2, 0.25) is 0 Å². The van der Waals surface area contributed by atoms with Crippen LogP contribution in [0.5, 0.6) is 0 Å². The number of carboxylic acid groups (broad SMARTS) is 1. The van der Waals surface area contributed by atoms with Gasteiger partial charge in [-0.05, 0) is 20.9 Å². The number of carbonyl (C=O) groups is 1. The van der Waals surface area contributed by atoms with Crippen LogP contribution in [-0.4, -0.2) is 60.0 Å². The third-order valence-electron chi connectivity index (χ3n) is 2.15. The first-order valence-corrected chi connectivity index (χ1v) is 5.54. The van der Waals surface area contributed by atoms with Crippen LogP contribution in [0, 0.1) is 5.92 Å². The average molecular weight is 233 g/mol. The molecule has 2 unspecified atom stereocenters. The monoisotopic (exact) mass is 233 g/mol. The Morgan fingerprint density at radius 3 is 2.31 bits per heavy atom. The minimum absolute atomic E-state index is 0.0953. The first kappa shape index (κ1) is 15.3. The number of nitrogens with zero attached hydrogens (tertiary/aromatic N) is 1. The van der Waals surface area contributed by atoms with E-state index in [0.29, 0.717) is 13.1 Å². The maximum atomic E-state index is 10.6. The normalized spacial score (nSPS) is 15.4. The molecule has 0 fully saturated rings. The predicted molar refractivity (Wildman–Crippen MR) is 61.4 cm³/mol. The fourth-order valence-electron chi connectivity index (χ4n) is 1.34. The molecule has 0 aromatic heterocycles. The lowest BCUT2D eigenvalue weighted by atomic mass is 10.1. The Morgan fingerprint density at radius 2 is 1.88 bits per heavy atom. The molecule has 0 saturated heterocycles. The van der Waals surface area contributed by atoms with Gasteiger partial charge in [-0.25, -0.2) is 0 Å². The highest BCUT2D eigenvalue weighted by Gasteiger charge is 2.16. The van der Waals surface area contributed by atoms with Gasteiger partial charge in [0.15, 0.2) is 0 Å². The van der Waals surface area contributed by atoms with Gasteiger partial charge in [0.05, 0.1) is 24.7 Å². The molecule has 2 N–H and O–H groups in total. The summed E-state index contributed by atoms with van der Waals surface area (Å²) in [7, 11) is 1.79. The average Bonchev–Trinajstić information content (AvgIpc) is 2.14. The summed E-state index contributed by atoms with van der Waals surface area (Å²) in [6.45, 7) is 6.59. The maximum absolute atomic E-state index is 10.6. The highest BCUT2D eigenvalue weighted by atomic mass is 16.5.